The first-order chi connectivity index (χ1) is 15.9. The summed E-state index contributed by atoms with van der Waals surface area (Å²) in [5.74, 6) is 1.00. The summed E-state index contributed by atoms with van der Waals surface area (Å²) in [6.45, 7) is 3.88. The summed E-state index contributed by atoms with van der Waals surface area (Å²) >= 11 is 0. The first-order valence-electron chi connectivity index (χ1n) is 10.4. The van der Waals surface area contributed by atoms with Crippen LogP contribution in [-0.4, -0.2) is 39.8 Å². The van der Waals surface area contributed by atoms with Gasteiger partial charge in [0.1, 0.15) is 11.6 Å². The number of pyridine rings is 1. The van der Waals surface area contributed by atoms with Gasteiger partial charge in [-0.3, -0.25) is 9.36 Å². The number of nitrogens with zero attached hydrogens (tertiary/aromatic N) is 7. The molecule has 9 heteroatoms. The molecule has 0 amide bonds. The van der Waals surface area contributed by atoms with Gasteiger partial charge < -0.3 is 5.11 Å². The minimum Gasteiger partial charge on any atom is -0.507 e. The van der Waals surface area contributed by atoms with E-state index in [1.165, 1.54) is 10.9 Å². The van der Waals surface area contributed by atoms with Gasteiger partial charge in [0.15, 0.2) is 5.65 Å². The highest BCUT2D eigenvalue weighted by Crippen LogP contribution is 2.30. The zero-order chi connectivity index (χ0) is 23.1. The highest BCUT2D eigenvalue weighted by Gasteiger charge is 2.15. The van der Waals surface area contributed by atoms with Crippen molar-refractivity contribution in [2.75, 3.05) is 0 Å². The van der Waals surface area contributed by atoms with Gasteiger partial charge in [-0.25, -0.2) is 9.97 Å². The van der Waals surface area contributed by atoms with E-state index in [1.807, 2.05) is 48.5 Å². The van der Waals surface area contributed by atoms with E-state index >= 15 is 0 Å². The third kappa shape index (κ3) is 3.73. The first-order valence-corrected chi connectivity index (χ1v) is 10.4. The van der Waals surface area contributed by atoms with Crippen molar-refractivity contribution in [2.45, 2.75) is 20.4 Å². The second-order valence-electron chi connectivity index (χ2n) is 7.85. The van der Waals surface area contributed by atoms with Crippen LogP contribution in [0.3, 0.4) is 0 Å². The molecule has 0 aliphatic heterocycles. The number of aromatic hydroxyl groups is 1. The van der Waals surface area contributed by atoms with E-state index in [4.69, 9.17) is 0 Å². The quantitative estimate of drug-likeness (QED) is 0.458. The molecule has 5 rings (SSSR count). The lowest BCUT2D eigenvalue weighted by Crippen LogP contribution is -2.21. The van der Waals surface area contributed by atoms with Gasteiger partial charge in [0.05, 0.1) is 24.7 Å². The van der Waals surface area contributed by atoms with E-state index in [1.54, 1.807) is 25.5 Å². The van der Waals surface area contributed by atoms with E-state index in [2.05, 4.69) is 25.4 Å². The lowest BCUT2D eigenvalue weighted by molar-refractivity contribution is 0.478. The van der Waals surface area contributed by atoms with Crippen LogP contribution in [0.1, 0.15) is 17.1 Å². The molecule has 2 aromatic carbocycles. The summed E-state index contributed by atoms with van der Waals surface area (Å²) in [6, 6.07) is 17.1. The van der Waals surface area contributed by atoms with Crippen molar-refractivity contribution in [1.29, 1.82) is 0 Å². The molecule has 3 heterocycles. The zero-order valence-corrected chi connectivity index (χ0v) is 18.4. The van der Waals surface area contributed by atoms with Crippen molar-refractivity contribution < 1.29 is 5.11 Å². The van der Waals surface area contributed by atoms with Gasteiger partial charge in [-0.1, -0.05) is 48.5 Å². The van der Waals surface area contributed by atoms with Crippen molar-refractivity contribution in [3.8, 4) is 28.3 Å². The molecular formula is C24H21N7O2. The molecule has 9 nitrogen and oxygen atoms in total. The largest absolute Gasteiger partial charge is 0.507 e. The molecule has 0 aliphatic carbocycles. The standard InChI is InChI=1S/C24H21N7O2/c1-14-22-20(32)12-21(33)31(24(22)26-15(2)25-14)13-16-8-10-17(11-9-16)18-6-4-5-7-19(18)23-27-29-30(3)28-23/h4-12,32H,13H2,1-3H3. The third-order valence-electron chi connectivity index (χ3n) is 5.50. The Kier molecular flexibility index (Phi) is 4.93. The van der Waals surface area contributed by atoms with Crippen LogP contribution in [-0.2, 0) is 13.6 Å². The molecule has 0 atom stereocenters. The van der Waals surface area contributed by atoms with Crippen LogP contribution in [0.2, 0.25) is 0 Å². The van der Waals surface area contributed by atoms with E-state index in [0.717, 1.165) is 22.3 Å². The summed E-state index contributed by atoms with van der Waals surface area (Å²) in [4.78, 5) is 22.9. The second-order valence-corrected chi connectivity index (χ2v) is 7.85. The number of benzene rings is 2. The van der Waals surface area contributed by atoms with Crippen molar-refractivity contribution in [3.63, 3.8) is 0 Å². The van der Waals surface area contributed by atoms with Gasteiger partial charge in [-0.2, -0.15) is 4.80 Å². The van der Waals surface area contributed by atoms with Crippen LogP contribution < -0.4 is 5.56 Å². The van der Waals surface area contributed by atoms with Gasteiger partial charge >= 0.3 is 0 Å². The van der Waals surface area contributed by atoms with Gasteiger partial charge in [-0.15, -0.1) is 10.2 Å². The van der Waals surface area contributed by atoms with Crippen molar-refractivity contribution >= 4 is 11.0 Å². The molecule has 33 heavy (non-hydrogen) atoms. The van der Waals surface area contributed by atoms with Crippen LogP contribution in [0.15, 0.2) is 59.4 Å². The van der Waals surface area contributed by atoms with Crippen LogP contribution >= 0.6 is 0 Å². The number of hydrogen-bond acceptors (Lipinski definition) is 7. The molecule has 0 saturated heterocycles. The predicted molar refractivity (Wildman–Crippen MR) is 124 cm³/mol. The molecule has 5 aromatic rings. The number of fused-ring (bicyclic) bond motifs is 1. The maximum absolute atomic E-state index is 12.7. The predicted octanol–water partition coefficient (Wildman–Crippen LogP) is 3.02. The fourth-order valence-electron chi connectivity index (χ4n) is 4.01. The van der Waals surface area contributed by atoms with Gasteiger partial charge in [0.2, 0.25) is 5.82 Å². The monoisotopic (exact) mass is 439 g/mol. The fourth-order valence-corrected chi connectivity index (χ4v) is 4.01. The maximum atomic E-state index is 12.7. The van der Waals surface area contributed by atoms with Crippen LogP contribution in [0.4, 0.5) is 0 Å². The summed E-state index contributed by atoms with van der Waals surface area (Å²) in [5.41, 5.74) is 4.54. The van der Waals surface area contributed by atoms with E-state index in [-0.39, 0.29) is 11.3 Å². The Balaban J connectivity index is 1.53. The maximum Gasteiger partial charge on any atom is 0.256 e. The molecule has 0 bridgehead atoms. The summed E-state index contributed by atoms with van der Waals surface area (Å²) in [7, 11) is 1.73. The van der Waals surface area contributed by atoms with E-state index < -0.39 is 0 Å². The Morgan fingerprint density at radius 2 is 1.70 bits per heavy atom. The van der Waals surface area contributed by atoms with Crippen molar-refractivity contribution in [2.24, 2.45) is 7.05 Å². The summed E-state index contributed by atoms with van der Waals surface area (Å²) in [5, 5.41) is 23.2. The zero-order valence-electron chi connectivity index (χ0n) is 18.4. The summed E-state index contributed by atoms with van der Waals surface area (Å²) in [6.07, 6.45) is 0. The Morgan fingerprint density at radius 1 is 0.970 bits per heavy atom. The minimum absolute atomic E-state index is 0.103. The molecule has 3 aromatic heterocycles. The molecule has 0 saturated carbocycles. The van der Waals surface area contributed by atoms with Crippen LogP contribution in [0.5, 0.6) is 5.75 Å². The lowest BCUT2D eigenvalue weighted by atomic mass is 9.98. The SMILES string of the molecule is Cc1nc(C)c2c(O)cc(=O)n(Cc3ccc(-c4ccccc4-c4nnn(C)n4)cc3)c2n1. The molecule has 0 aliphatic rings. The summed E-state index contributed by atoms with van der Waals surface area (Å²) < 4.78 is 1.56. The highest BCUT2D eigenvalue weighted by molar-refractivity contribution is 5.84. The Hall–Kier alpha value is -4.40. The number of rotatable bonds is 4. The normalized spacial score (nSPS) is 11.2. The number of tetrazole rings is 1. The number of hydrogen-bond donors (Lipinski definition) is 1. The third-order valence-corrected chi connectivity index (χ3v) is 5.50. The molecule has 0 unspecified atom stereocenters. The van der Waals surface area contributed by atoms with Gasteiger partial charge in [0, 0.05) is 11.6 Å². The lowest BCUT2D eigenvalue weighted by Gasteiger charge is -2.13. The Morgan fingerprint density at radius 3 is 2.39 bits per heavy atom. The molecule has 1 N–H and O–H groups in total. The van der Waals surface area contributed by atoms with Gasteiger partial charge in [-0.05, 0) is 35.8 Å². The molecular weight excluding hydrogens is 418 g/mol. The Bertz CT molecular complexity index is 1550. The number of aryl methyl sites for hydroxylation is 3. The minimum atomic E-state index is -0.319. The second kappa shape index (κ2) is 7.94. The fraction of sp³-hybridized carbons (Fsp3) is 0.167. The van der Waals surface area contributed by atoms with E-state index in [0.29, 0.717) is 34.9 Å². The average Bonchev–Trinajstić information content (AvgIpc) is 3.22. The van der Waals surface area contributed by atoms with Gasteiger partial charge in [0.25, 0.3) is 5.56 Å². The van der Waals surface area contributed by atoms with Crippen molar-refractivity contribution in [3.05, 3.63) is 82.0 Å². The van der Waals surface area contributed by atoms with Crippen LogP contribution in [0, 0.1) is 13.8 Å². The molecule has 0 radical (unpaired) electrons. The smallest absolute Gasteiger partial charge is 0.256 e. The molecule has 164 valence electrons. The Labute approximate surface area is 189 Å². The van der Waals surface area contributed by atoms with Crippen molar-refractivity contribution in [1.82, 2.24) is 34.7 Å². The first kappa shape index (κ1) is 20.5. The molecule has 0 fully saturated rings. The van der Waals surface area contributed by atoms with E-state index in [9.17, 15) is 9.90 Å². The topological polar surface area (TPSA) is 112 Å². The van der Waals surface area contributed by atoms with Crippen LogP contribution in [0.25, 0.3) is 33.5 Å². The number of aromatic nitrogens is 7. The molecule has 0 spiro atoms. The average molecular weight is 439 g/mol. The highest BCUT2D eigenvalue weighted by atomic mass is 16.3.